The van der Waals surface area contributed by atoms with Crippen LogP contribution in [0.4, 0.5) is 5.69 Å². The molecule has 0 radical (unpaired) electrons. The first kappa shape index (κ1) is 16.8. The van der Waals surface area contributed by atoms with Gasteiger partial charge in [-0.1, -0.05) is 12.1 Å². The molecule has 1 aromatic rings. The molecule has 0 aliphatic carbocycles. The second kappa shape index (κ2) is 8.79. The van der Waals surface area contributed by atoms with Gasteiger partial charge in [0.25, 0.3) is 0 Å². The van der Waals surface area contributed by atoms with E-state index in [-0.39, 0.29) is 5.91 Å². The molecule has 1 heterocycles. The highest BCUT2D eigenvalue weighted by Gasteiger charge is 2.10. The van der Waals surface area contributed by atoms with Crippen molar-refractivity contribution < 1.29 is 4.79 Å². The Labute approximate surface area is 134 Å². The highest BCUT2D eigenvalue weighted by Crippen LogP contribution is 2.20. The zero-order valence-corrected chi connectivity index (χ0v) is 14.0. The molecule has 0 atom stereocenters. The molecule has 1 amide bonds. The van der Waals surface area contributed by atoms with Crippen molar-refractivity contribution in [2.24, 2.45) is 0 Å². The van der Waals surface area contributed by atoms with E-state index in [9.17, 15) is 4.79 Å². The summed E-state index contributed by atoms with van der Waals surface area (Å²) in [6.45, 7) is 3.96. The largest absolute Gasteiger partial charge is 0.372 e. The number of amides is 1. The molecule has 122 valence electrons. The van der Waals surface area contributed by atoms with Crippen LogP contribution < -0.4 is 10.2 Å². The van der Waals surface area contributed by atoms with E-state index in [0.717, 1.165) is 19.5 Å². The number of aryl methyl sites for hydroxylation is 1. The summed E-state index contributed by atoms with van der Waals surface area (Å²) in [5.74, 6) is 0.141. The average Bonchev–Trinajstić information content (AvgIpc) is 2.54. The molecule has 0 unspecified atom stereocenters. The number of nitrogens with one attached hydrogen (secondary N) is 1. The fourth-order valence-electron chi connectivity index (χ4n) is 2.79. The van der Waals surface area contributed by atoms with Gasteiger partial charge >= 0.3 is 0 Å². The van der Waals surface area contributed by atoms with Crippen molar-refractivity contribution in [3.05, 3.63) is 29.8 Å². The Balaban J connectivity index is 1.73. The maximum absolute atomic E-state index is 11.8. The van der Waals surface area contributed by atoms with Crippen LogP contribution in [0.15, 0.2) is 24.3 Å². The molecule has 1 aliphatic rings. The number of rotatable bonds is 7. The van der Waals surface area contributed by atoms with E-state index in [1.165, 1.54) is 43.6 Å². The fraction of sp³-hybridized carbons (Fsp3) is 0.611. The molecule has 1 aliphatic heterocycles. The highest BCUT2D eigenvalue weighted by molar-refractivity contribution is 5.76. The first-order valence-corrected chi connectivity index (χ1v) is 8.40. The van der Waals surface area contributed by atoms with Crippen LogP contribution in [-0.4, -0.2) is 51.1 Å². The van der Waals surface area contributed by atoms with Crippen LogP contribution in [0.1, 0.15) is 31.2 Å². The predicted molar refractivity (Wildman–Crippen MR) is 92.4 cm³/mol. The normalized spacial score (nSPS) is 15.1. The quantitative estimate of drug-likeness (QED) is 0.839. The lowest BCUT2D eigenvalue weighted by molar-refractivity contribution is -0.121. The van der Waals surface area contributed by atoms with Gasteiger partial charge in [-0.05, 0) is 57.5 Å². The fourth-order valence-corrected chi connectivity index (χ4v) is 2.79. The topological polar surface area (TPSA) is 35.6 Å². The zero-order valence-electron chi connectivity index (χ0n) is 14.0. The van der Waals surface area contributed by atoms with Crippen LogP contribution >= 0.6 is 0 Å². The Morgan fingerprint density at radius 3 is 2.45 bits per heavy atom. The van der Waals surface area contributed by atoms with Gasteiger partial charge in [-0.15, -0.1) is 0 Å². The third-order valence-corrected chi connectivity index (χ3v) is 4.18. The van der Waals surface area contributed by atoms with E-state index in [1.807, 2.05) is 14.1 Å². The molecule has 0 aromatic heterocycles. The van der Waals surface area contributed by atoms with Crippen LogP contribution in [0, 0.1) is 0 Å². The van der Waals surface area contributed by atoms with Crippen LogP contribution in [0.2, 0.25) is 0 Å². The van der Waals surface area contributed by atoms with E-state index >= 15 is 0 Å². The number of piperidine rings is 1. The number of hydrogen-bond donors (Lipinski definition) is 1. The highest BCUT2D eigenvalue weighted by atomic mass is 16.1. The van der Waals surface area contributed by atoms with Crippen molar-refractivity contribution in [3.63, 3.8) is 0 Å². The van der Waals surface area contributed by atoms with Gasteiger partial charge in [0.15, 0.2) is 0 Å². The van der Waals surface area contributed by atoms with Crippen molar-refractivity contribution in [1.29, 1.82) is 0 Å². The summed E-state index contributed by atoms with van der Waals surface area (Å²) in [6, 6.07) is 8.73. The zero-order chi connectivity index (χ0) is 15.8. The summed E-state index contributed by atoms with van der Waals surface area (Å²) >= 11 is 0. The minimum Gasteiger partial charge on any atom is -0.372 e. The number of nitrogens with zero attached hydrogens (tertiary/aromatic N) is 2. The molecule has 4 nitrogen and oxygen atoms in total. The summed E-state index contributed by atoms with van der Waals surface area (Å²) < 4.78 is 0. The molecular formula is C18H29N3O. The van der Waals surface area contributed by atoms with Gasteiger partial charge in [0.2, 0.25) is 5.91 Å². The molecule has 1 fully saturated rings. The predicted octanol–water partition coefficient (Wildman–Crippen LogP) is 2.29. The molecule has 1 saturated heterocycles. The number of benzene rings is 1. The molecule has 0 saturated carbocycles. The molecule has 1 N–H and O–H groups in total. The number of likely N-dealkylation sites (N-methyl/N-ethyl adjacent to an activating group) is 1. The summed E-state index contributed by atoms with van der Waals surface area (Å²) in [4.78, 5) is 16.3. The first-order valence-electron chi connectivity index (χ1n) is 8.40. The second-order valence-corrected chi connectivity index (χ2v) is 6.37. The Hall–Kier alpha value is -1.55. The third-order valence-electron chi connectivity index (χ3n) is 4.18. The van der Waals surface area contributed by atoms with E-state index in [0.29, 0.717) is 6.42 Å². The summed E-state index contributed by atoms with van der Waals surface area (Å²) in [7, 11) is 4.02. The first-order chi connectivity index (χ1) is 10.6. The van der Waals surface area contributed by atoms with Gasteiger partial charge in [0.1, 0.15) is 0 Å². The van der Waals surface area contributed by atoms with Crippen LogP contribution in [0.5, 0.6) is 0 Å². The van der Waals surface area contributed by atoms with Crippen LogP contribution in [-0.2, 0) is 11.2 Å². The lowest BCUT2D eigenvalue weighted by atomic mass is 10.1. The number of hydrogen-bond acceptors (Lipinski definition) is 3. The standard InChI is InChI=1S/C18H29N3O/c1-20(2)15-12-19-18(22)11-8-16-6-9-17(10-7-16)21-13-4-3-5-14-21/h6-7,9-10H,3-5,8,11-15H2,1-2H3,(H,19,22). The smallest absolute Gasteiger partial charge is 0.220 e. The summed E-state index contributed by atoms with van der Waals surface area (Å²) in [6.07, 6.45) is 5.34. The number of carbonyl (C=O) groups is 1. The Bertz CT molecular complexity index is 450. The SMILES string of the molecule is CN(C)CCNC(=O)CCc1ccc(N2CCCCC2)cc1. The molecule has 0 spiro atoms. The van der Waals surface area contributed by atoms with Gasteiger partial charge in [0.05, 0.1) is 0 Å². The Morgan fingerprint density at radius 2 is 1.82 bits per heavy atom. The maximum Gasteiger partial charge on any atom is 0.220 e. The molecule has 1 aromatic carbocycles. The van der Waals surface area contributed by atoms with Gasteiger partial charge in [-0.25, -0.2) is 0 Å². The Kier molecular flexibility index (Phi) is 6.72. The molecule has 22 heavy (non-hydrogen) atoms. The number of carbonyl (C=O) groups excluding carboxylic acids is 1. The van der Waals surface area contributed by atoms with E-state index in [4.69, 9.17) is 0 Å². The molecular weight excluding hydrogens is 274 g/mol. The third kappa shape index (κ3) is 5.68. The van der Waals surface area contributed by atoms with Gasteiger partial charge < -0.3 is 15.1 Å². The lowest BCUT2D eigenvalue weighted by Gasteiger charge is -2.28. The number of anilines is 1. The lowest BCUT2D eigenvalue weighted by Crippen LogP contribution is -2.31. The monoisotopic (exact) mass is 303 g/mol. The molecule has 4 heteroatoms. The minimum absolute atomic E-state index is 0.141. The molecule has 0 bridgehead atoms. The van der Waals surface area contributed by atoms with Crippen LogP contribution in [0.25, 0.3) is 0 Å². The van der Waals surface area contributed by atoms with E-state index < -0.39 is 0 Å². The second-order valence-electron chi connectivity index (χ2n) is 6.37. The maximum atomic E-state index is 11.8. The van der Waals surface area contributed by atoms with Crippen molar-refractivity contribution in [1.82, 2.24) is 10.2 Å². The van der Waals surface area contributed by atoms with Gasteiger partial charge in [-0.2, -0.15) is 0 Å². The van der Waals surface area contributed by atoms with Crippen molar-refractivity contribution in [2.45, 2.75) is 32.1 Å². The summed E-state index contributed by atoms with van der Waals surface area (Å²) in [5, 5.41) is 2.96. The average molecular weight is 303 g/mol. The van der Waals surface area contributed by atoms with Crippen LogP contribution in [0.3, 0.4) is 0 Å². The minimum atomic E-state index is 0.141. The Morgan fingerprint density at radius 1 is 1.14 bits per heavy atom. The van der Waals surface area contributed by atoms with Crippen molar-refractivity contribution in [2.75, 3.05) is 45.2 Å². The van der Waals surface area contributed by atoms with Crippen molar-refractivity contribution >= 4 is 11.6 Å². The van der Waals surface area contributed by atoms with E-state index in [2.05, 4.69) is 39.4 Å². The summed E-state index contributed by atoms with van der Waals surface area (Å²) in [5.41, 5.74) is 2.56. The van der Waals surface area contributed by atoms with Crippen molar-refractivity contribution in [3.8, 4) is 0 Å². The van der Waals surface area contributed by atoms with Gasteiger partial charge in [-0.3, -0.25) is 4.79 Å². The van der Waals surface area contributed by atoms with Gasteiger partial charge in [0, 0.05) is 38.3 Å². The van der Waals surface area contributed by atoms with E-state index in [1.54, 1.807) is 0 Å². The molecule has 2 rings (SSSR count).